The van der Waals surface area contributed by atoms with Crippen LogP contribution in [0.5, 0.6) is 0 Å². The second-order valence-electron chi connectivity index (χ2n) is 6.73. The molecule has 1 unspecified atom stereocenters. The molecule has 2 amide bonds. The van der Waals surface area contributed by atoms with Crippen molar-refractivity contribution >= 4 is 11.8 Å². The Morgan fingerprint density at radius 2 is 1.37 bits per heavy atom. The summed E-state index contributed by atoms with van der Waals surface area (Å²) >= 11 is 0. The van der Waals surface area contributed by atoms with Gasteiger partial charge in [-0.05, 0) is 44.9 Å². The predicted molar refractivity (Wildman–Crippen MR) is 107 cm³/mol. The molecule has 0 rings (SSSR count). The van der Waals surface area contributed by atoms with E-state index in [1.165, 1.54) is 7.11 Å². The predicted octanol–water partition coefficient (Wildman–Crippen LogP) is 2.29. The molecular formula is C20H40N2O5. The molecule has 0 aliphatic carbocycles. The van der Waals surface area contributed by atoms with Crippen LogP contribution in [0, 0.1) is 5.92 Å². The van der Waals surface area contributed by atoms with Gasteiger partial charge in [0.05, 0.1) is 13.2 Å². The van der Waals surface area contributed by atoms with Gasteiger partial charge < -0.3 is 24.8 Å². The van der Waals surface area contributed by atoms with E-state index in [1.807, 2.05) is 13.8 Å². The minimum absolute atomic E-state index is 0.0678. The molecule has 0 aliphatic rings. The van der Waals surface area contributed by atoms with E-state index in [0.29, 0.717) is 19.8 Å². The SMILES string of the molecule is CCC(C)C(=O)NCCCCCOCCOCCCCCNC(=O)COC. The van der Waals surface area contributed by atoms with E-state index in [4.69, 9.17) is 14.2 Å². The summed E-state index contributed by atoms with van der Waals surface area (Å²) in [6, 6.07) is 0. The third-order valence-electron chi connectivity index (χ3n) is 4.26. The van der Waals surface area contributed by atoms with E-state index in [2.05, 4.69) is 10.6 Å². The van der Waals surface area contributed by atoms with E-state index in [1.54, 1.807) is 0 Å². The van der Waals surface area contributed by atoms with Crippen molar-refractivity contribution in [3.63, 3.8) is 0 Å². The number of hydrogen-bond donors (Lipinski definition) is 2. The first kappa shape index (κ1) is 25.8. The Labute approximate surface area is 164 Å². The van der Waals surface area contributed by atoms with Crippen LogP contribution in [0.15, 0.2) is 0 Å². The fraction of sp³-hybridized carbons (Fsp3) is 0.900. The fourth-order valence-electron chi connectivity index (χ4n) is 2.31. The molecule has 0 saturated heterocycles. The molecule has 0 saturated carbocycles. The molecule has 0 heterocycles. The number of hydrogen-bond acceptors (Lipinski definition) is 5. The third-order valence-corrected chi connectivity index (χ3v) is 4.26. The van der Waals surface area contributed by atoms with Crippen LogP contribution in [0.4, 0.5) is 0 Å². The summed E-state index contributed by atoms with van der Waals surface area (Å²) in [5.74, 6) is 0.193. The largest absolute Gasteiger partial charge is 0.379 e. The van der Waals surface area contributed by atoms with Crippen LogP contribution >= 0.6 is 0 Å². The second-order valence-corrected chi connectivity index (χ2v) is 6.73. The monoisotopic (exact) mass is 388 g/mol. The molecule has 1 atom stereocenters. The molecule has 27 heavy (non-hydrogen) atoms. The minimum atomic E-state index is -0.0678. The Balaban J connectivity index is 3.15. The highest BCUT2D eigenvalue weighted by atomic mass is 16.5. The molecule has 0 bridgehead atoms. The average molecular weight is 389 g/mol. The zero-order valence-electron chi connectivity index (χ0n) is 17.5. The Hall–Kier alpha value is -1.18. The number of carbonyl (C=O) groups excluding carboxylic acids is 2. The Morgan fingerprint density at radius 3 is 1.89 bits per heavy atom. The summed E-state index contributed by atoms with van der Waals surface area (Å²) in [5.41, 5.74) is 0. The maximum Gasteiger partial charge on any atom is 0.245 e. The van der Waals surface area contributed by atoms with Crippen molar-refractivity contribution in [3.05, 3.63) is 0 Å². The quantitative estimate of drug-likeness (QED) is 0.332. The van der Waals surface area contributed by atoms with E-state index < -0.39 is 0 Å². The number of nitrogens with one attached hydrogen (secondary N) is 2. The first-order valence-corrected chi connectivity index (χ1v) is 10.3. The van der Waals surface area contributed by atoms with Gasteiger partial charge in [-0.15, -0.1) is 0 Å². The number of methoxy groups -OCH3 is 1. The van der Waals surface area contributed by atoms with Crippen LogP contribution in [0.2, 0.25) is 0 Å². The number of rotatable bonds is 19. The highest BCUT2D eigenvalue weighted by Crippen LogP contribution is 2.01. The smallest absolute Gasteiger partial charge is 0.245 e. The molecule has 0 spiro atoms. The molecule has 0 aromatic heterocycles. The lowest BCUT2D eigenvalue weighted by atomic mass is 10.1. The first-order chi connectivity index (χ1) is 13.1. The molecule has 160 valence electrons. The van der Waals surface area contributed by atoms with E-state index in [-0.39, 0.29) is 24.3 Å². The highest BCUT2D eigenvalue weighted by Gasteiger charge is 2.08. The summed E-state index contributed by atoms with van der Waals surface area (Å²) in [6.07, 6.45) is 6.91. The van der Waals surface area contributed by atoms with Gasteiger partial charge in [0.1, 0.15) is 6.61 Å². The lowest BCUT2D eigenvalue weighted by Crippen LogP contribution is -2.29. The zero-order chi connectivity index (χ0) is 20.2. The van der Waals surface area contributed by atoms with Gasteiger partial charge in [-0.3, -0.25) is 9.59 Å². The Bertz CT molecular complexity index is 366. The van der Waals surface area contributed by atoms with Crippen molar-refractivity contribution < 1.29 is 23.8 Å². The highest BCUT2D eigenvalue weighted by molar-refractivity contribution is 5.78. The number of ether oxygens (including phenoxy) is 3. The summed E-state index contributed by atoms with van der Waals surface area (Å²) in [7, 11) is 1.51. The van der Waals surface area contributed by atoms with Crippen molar-refractivity contribution in [1.82, 2.24) is 10.6 Å². The maximum absolute atomic E-state index is 11.6. The molecule has 0 aromatic carbocycles. The minimum Gasteiger partial charge on any atom is -0.379 e. The lowest BCUT2D eigenvalue weighted by molar-refractivity contribution is -0.125. The molecular weight excluding hydrogens is 348 g/mol. The summed E-state index contributed by atoms with van der Waals surface area (Å²) in [6.45, 7) is 8.25. The zero-order valence-corrected chi connectivity index (χ0v) is 17.5. The summed E-state index contributed by atoms with van der Waals surface area (Å²) < 4.78 is 15.8. The van der Waals surface area contributed by atoms with Gasteiger partial charge >= 0.3 is 0 Å². The van der Waals surface area contributed by atoms with Gasteiger partial charge in [0, 0.05) is 39.3 Å². The average Bonchev–Trinajstić information content (AvgIpc) is 2.66. The van der Waals surface area contributed by atoms with Crippen molar-refractivity contribution in [2.45, 2.75) is 58.8 Å². The van der Waals surface area contributed by atoms with Gasteiger partial charge in [-0.1, -0.05) is 13.8 Å². The van der Waals surface area contributed by atoms with Crippen molar-refractivity contribution in [2.75, 3.05) is 53.2 Å². The molecule has 0 aliphatic heterocycles. The molecule has 0 aromatic rings. The molecule has 7 heteroatoms. The van der Waals surface area contributed by atoms with Crippen molar-refractivity contribution in [1.29, 1.82) is 0 Å². The van der Waals surface area contributed by atoms with Crippen LogP contribution in [0.25, 0.3) is 0 Å². The molecule has 7 nitrogen and oxygen atoms in total. The van der Waals surface area contributed by atoms with Crippen LogP contribution < -0.4 is 10.6 Å². The van der Waals surface area contributed by atoms with Crippen LogP contribution in [0.3, 0.4) is 0 Å². The summed E-state index contributed by atoms with van der Waals surface area (Å²) in [4.78, 5) is 22.7. The summed E-state index contributed by atoms with van der Waals surface area (Å²) in [5, 5.41) is 5.76. The Kier molecular flexibility index (Phi) is 18.7. The second kappa shape index (κ2) is 19.6. The number of unbranched alkanes of at least 4 members (excludes halogenated alkanes) is 4. The van der Waals surface area contributed by atoms with Crippen LogP contribution in [-0.2, 0) is 23.8 Å². The number of amides is 2. The number of carbonyl (C=O) groups is 2. The fourth-order valence-corrected chi connectivity index (χ4v) is 2.31. The van der Waals surface area contributed by atoms with E-state index in [0.717, 1.165) is 64.7 Å². The van der Waals surface area contributed by atoms with Crippen LogP contribution in [0.1, 0.15) is 58.8 Å². The van der Waals surface area contributed by atoms with E-state index in [9.17, 15) is 9.59 Å². The van der Waals surface area contributed by atoms with Crippen LogP contribution in [-0.4, -0.2) is 65.0 Å². The molecule has 0 radical (unpaired) electrons. The van der Waals surface area contributed by atoms with Crippen molar-refractivity contribution in [3.8, 4) is 0 Å². The first-order valence-electron chi connectivity index (χ1n) is 10.3. The topological polar surface area (TPSA) is 85.9 Å². The molecule has 0 fully saturated rings. The lowest BCUT2D eigenvalue weighted by Gasteiger charge is -2.09. The van der Waals surface area contributed by atoms with Gasteiger partial charge in [0.25, 0.3) is 0 Å². The maximum atomic E-state index is 11.6. The van der Waals surface area contributed by atoms with Gasteiger partial charge in [-0.25, -0.2) is 0 Å². The molecule has 2 N–H and O–H groups in total. The van der Waals surface area contributed by atoms with Gasteiger partial charge in [-0.2, -0.15) is 0 Å². The normalized spacial score (nSPS) is 12.0. The van der Waals surface area contributed by atoms with E-state index >= 15 is 0 Å². The van der Waals surface area contributed by atoms with Gasteiger partial charge in [0.2, 0.25) is 11.8 Å². The van der Waals surface area contributed by atoms with Gasteiger partial charge in [0.15, 0.2) is 0 Å². The standard InChI is InChI=1S/C20H40N2O5/c1-4-18(2)20(24)22-12-8-6-10-14-27-16-15-26-13-9-5-7-11-21-19(23)17-25-3/h18H,4-17H2,1-3H3,(H,21,23)(H,22,24). The third kappa shape index (κ3) is 18.0. The Morgan fingerprint density at radius 1 is 0.815 bits per heavy atom. The van der Waals surface area contributed by atoms with Crippen molar-refractivity contribution in [2.24, 2.45) is 5.92 Å².